The summed E-state index contributed by atoms with van der Waals surface area (Å²) in [6, 6.07) is 5.88. The molecule has 2 aromatic heterocycles. The van der Waals surface area contributed by atoms with E-state index in [0.29, 0.717) is 26.1 Å². The van der Waals surface area contributed by atoms with Gasteiger partial charge < -0.3 is 10.2 Å². The lowest BCUT2D eigenvalue weighted by molar-refractivity contribution is -0.137. The number of hydrogen-bond donors (Lipinski definition) is 3. The summed E-state index contributed by atoms with van der Waals surface area (Å²) in [5.41, 5.74) is 8.71. The van der Waals surface area contributed by atoms with E-state index >= 15 is 0 Å². The van der Waals surface area contributed by atoms with Gasteiger partial charge in [-0.15, -0.1) is 11.3 Å². The molecule has 0 spiro atoms. The Balaban J connectivity index is 1.20. The average molecular weight is 428 g/mol. The second-order valence-corrected chi connectivity index (χ2v) is 9.08. The fourth-order valence-electron chi connectivity index (χ4n) is 4.21. The number of thiophene rings is 1. The Bertz CT molecular complexity index is 863. The number of piperidine rings is 1. The second-order valence-electron chi connectivity index (χ2n) is 8.08. The normalized spacial score (nSPS) is 22.2. The van der Waals surface area contributed by atoms with Crippen molar-refractivity contribution in [2.24, 2.45) is 5.92 Å². The molecule has 7 nitrogen and oxygen atoms in total. The summed E-state index contributed by atoms with van der Waals surface area (Å²) in [4.78, 5) is 32.8. The standard InChI is InChI=1S/C22H29N5O2S/c1-15-7-12-30-20(15)4-9-24-21(28)16-5-10-27(11-6-16)22(29)19-13-18(25-26-19)17-3-2-8-23-14-17/h2-3,7-8,12,14,16,18-19,25-26H,4-6,9-11,13H2,1H3,(H,24,28). The summed E-state index contributed by atoms with van der Waals surface area (Å²) >= 11 is 1.74. The van der Waals surface area contributed by atoms with Gasteiger partial charge in [0.1, 0.15) is 6.04 Å². The molecule has 2 fully saturated rings. The van der Waals surface area contributed by atoms with Crippen LogP contribution in [0.3, 0.4) is 0 Å². The maximum Gasteiger partial charge on any atom is 0.241 e. The van der Waals surface area contributed by atoms with Gasteiger partial charge in [-0.2, -0.15) is 0 Å². The molecule has 2 saturated heterocycles. The van der Waals surface area contributed by atoms with Gasteiger partial charge >= 0.3 is 0 Å². The third kappa shape index (κ3) is 4.88. The number of likely N-dealkylation sites (tertiary alicyclic amines) is 1. The predicted molar refractivity (Wildman–Crippen MR) is 117 cm³/mol. The largest absolute Gasteiger partial charge is 0.355 e. The Hall–Kier alpha value is -2.29. The molecule has 0 bridgehead atoms. The first-order valence-corrected chi connectivity index (χ1v) is 11.5. The molecular weight excluding hydrogens is 398 g/mol. The smallest absolute Gasteiger partial charge is 0.241 e. The Labute approximate surface area is 181 Å². The molecule has 4 heterocycles. The first-order valence-electron chi connectivity index (χ1n) is 10.6. The molecule has 30 heavy (non-hydrogen) atoms. The molecule has 2 amide bonds. The summed E-state index contributed by atoms with van der Waals surface area (Å²) < 4.78 is 0. The number of hydrogen-bond acceptors (Lipinski definition) is 6. The highest BCUT2D eigenvalue weighted by Gasteiger charge is 2.35. The molecule has 2 aliphatic heterocycles. The number of nitrogens with one attached hydrogen (secondary N) is 3. The number of hydrazine groups is 1. The van der Waals surface area contributed by atoms with Gasteiger partial charge in [0, 0.05) is 48.9 Å². The minimum atomic E-state index is -0.241. The van der Waals surface area contributed by atoms with E-state index in [1.165, 1.54) is 10.4 Å². The van der Waals surface area contributed by atoms with Crippen molar-refractivity contribution in [2.75, 3.05) is 19.6 Å². The highest BCUT2D eigenvalue weighted by molar-refractivity contribution is 7.10. The van der Waals surface area contributed by atoms with Crippen molar-refractivity contribution in [3.05, 3.63) is 52.0 Å². The van der Waals surface area contributed by atoms with Crippen molar-refractivity contribution < 1.29 is 9.59 Å². The SMILES string of the molecule is Cc1ccsc1CCNC(=O)C1CCN(C(=O)C2CC(c3cccnc3)NN2)CC1. The van der Waals surface area contributed by atoms with Gasteiger partial charge in [0.15, 0.2) is 0 Å². The molecule has 8 heteroatoms. The van der Waals surface area contributed by atoms with E-state index in [4.69, 9.17) is 0 Å². The lowest BCUT2D eigenvalue weighted by Gasteiger charge is -2.32. The van der Waals surface area contributed by atoms with Gasteiger partial charge in [-0.05, 0) is 61.2 Å². The second kappa shape index (κ2) is 9.68. The zero-order valence-electron chi connectivity index (χ0n) is 17.3. The van der Waals surface area contributed by atoms with Gasteiger partial charge in [-0.25, -0.2) is 10.9 Å². The lowest BCUT2D eigenvalue weighted by Crippen LogP contribution is -2.49. The van der Waals surface area contributed by atoms with Crippen LogP contribution < -0.4 is 16.2 Å². The number of pyridine rings is 1. The van der Waals surface area contributed by atoms with Crippen LogP contribution in [0.2, 0.25) is 0 Å². The minimum Gasteiger partial charge on any atom is -0.355 e. The van der Waals surface area contributed by atoms with Crippen molar-refractivity contribution in [2.45, 2.75) is 44.7 Å². The molecule has 160 valence electrons. The number of rotatable bonds is 6. The van der Waals surface area contributed by atoms with Crippen LogP contribution in [0.5, 0.6) is 0 Å². The average Bonchev–Trinajstić information content (AvgIpc) is 3.43. The molecule has 2 aliphatic rings. The molecule has 2 atom stereocenters. The van der Waals surface area contributed by atoms with Crippen molar-refractivity contribution in [3.63, 3.8) is 0 Å². The van der Waals surface area contributed by atoms with Gasteiger partial charge in [0.2, 0.25) is 11.8 Å². The molecule has 0 aromatic carbocycles. The highest BCUT2D eigenvalue weighted by atomic mass is 32.1. The molecule has 2 unspecified atom stereocenters. The van der Waals surface area contributed by atoms with E-state index in [1.54, 1.807) is 17.5 Å². The summed E-state index contributed by atoms with van der Waals surface area (Å²) in [6.07, 6.45) is 6.61. The Morgan fingerprint density at radius 1 is 1.27 bits per heavy atom. The molecule has 3 N–H and O–H groups in total. The van der Waals surface area contributed by atoms with Crippen LogP contribution in [0.25, 0.3) is 0 Å². The van der Waals surface area contributed by atoms with Crippen molar-refractivity contribution in [1.29, 1.82) is 0 Å². The van der Waals surface area contributed by atoms with Crippen LogP contribution in [0.1, 0.15) is 41.3 Å². The van der Waals surface area contributed by atoms with Crippen molar-refractivity contribution in [3.8, 4) is 0 Å². The summed E-state index contributed by atoms with van der Waals surface area (Å²) in [5.74, 6) is 0.228. The van der Waals surface area contributed by atoms with E-state index < -0.39 is 0 Å². The molecular formula is C22H29N5O2S. The first kappa shape index (κ1) is 21.0. The maximum absolute atomic E-state index is 12.9. The van der Waals surface area contributed by atoms with Crippen LogP contribution in [0, 0.1) is 12.8 Å². The zero-order valence-corrected chi connectivity index (χ0v) is 18.1. The number of aromatic nitrogens is 1. The van der Waals surface area contributed by atoms with E-state index in [2.05, 4.69) is 39.5 Å². The van der Waals surface area contributed by atoms with E-state index in [0.717, 1.165) is 24.8 Å². The number of carbonyl (C=O) groups is 2. The molecule has 0 aliphatic carbocycles. The van der Waals surface area contributed by atoms with E-state index in [-0.39, 0.29) is 29.8 Å². The number of carbonyl (C=O) groups excluding carboxylic acids is 2. The monoisotopic (exact) mass is 427 g/mol. The van der Waals surface area contributed by atoms with Gasteiger partial charge in [-0.3, -0.25) is 14.6 Å². The molecule has 0 saturated carbocycles. The third-order valence-corrected chi connectivity index (χ3v) is 7.17. The summed E-state index contributed by atoms with van der Waals surface area (Å²) in [6.45, 7) is 4.05. The van der Waals surface area contributed by atoms with E-state index in [9.17, 15) is 9.59 Å². The summed E-state index contributed by atoms with van der Waals surface area (Å²) in [7, 11) is 0. The minimum absolute atomic E-state index is 0.00344. The summed E-state index contributed by atoms with van der Waals surface area (Å²) in [5, 5.41) is 5.17. The topological polar surface area (TPSA) is 86.4 Å². The van der Waals surface area contributed by atoms with E-state index in [1.807, 2.05) is 23.2 Å². The van der Waals surface area contributed by atoms with Crippen LogP contribution in [-0.2, 0) is 16.0 Å². The van der Waals surface area contributed by atoms with Crippen LogP contribution in [0.4, 0.5) is 0 Å². The molecule has 0 radical (unpaired) electrons. The number of aryl methyl sites for hydroxylation is 1. The van der Waals surface area contributed by atoms with Crippen LogP contribution >= 0.6 is 11.3 Å². The molecule has 2 aromatic rings. The van der Waals surface area contributed by atoms with Crippen LogP contribution in [0.15, 0.2) is 36.0 Å². The Morgan fingerprint density at radius 3 is 2.80 bits per heavy atom. The quantitative estimate of drug-likeness (QED) is 0.656. The van der Waals surface area contributed by atoms with Gasteiger partial charge in [-0.1, -0.05) is 6.07 Å². The number of amides is 2. The van der Waals surface area contributed by atoms with Crippen molar-refractivity contribution >= 4 is 23.2 Å². The zero-order chi connectivity index (χ0) is 20.9. The fourth-order valence-corrected chi connectivity index (χ4v) is 5.12. The Morgan fingerprint density at radius 2 is 2.10 bits per heavy atom. The molecule has 4 rings (SSSR count). The van der Waals surface area contributed by atoms with Crippen LogP contribution in [-0.4, -0.2) is 47.4 Å². The maximum atomic E-state index is 12.9. The predicted octanol–water partition coefficient (Wildman–Crippen LogP) is 1.96. The Kier molecular flexibility index (Phi) is 6.76. The van der Waals surface area contributed by atoms with Gasteiger partial charge in [0.25, 0.3) is 0 Å². The lowest BCUT2D eigenvalue weighted by atomic mass is 9.95. The highest BCUT2D eigenvalue weighted by Crippen LogP contribution is 2.24. The fraction of sp³-hybridized carbons (Fsp3) is 0.500. The van der Waals surface area contributed by atoms with Crippen molar-refractivity contribution in [1.82, 2.24) is 26.1 Å². The number of nitrogens with zero attached hydrogens (tertiary/aromatic N) is 2. The third-order valence-electron chi connectivity index (χ3n) is 6.08. The van der Waals surface area contributed by atoms with Gasteiger partial charge in [0.05, 0.1) is 0 Å². The first-order chi connectivity index (χ1) is 14.6.